The van der Waals surface area contributed by atoms with E-state index in [4.69, 9.17) is 5.73 Å². The molecule has 0 spiro atoms. The molecule has 2 rings (SSSR count). The molecule has 0 atom stereocenters. The second-order valence-electron chi connectivity index (χ2n) is 3.95. The molecule has 2 N–H and O–H groups in total. The fourth-order valence-electron chi connectivity index (χ4n) is 1.92. The molecule has 0 aliphatic rings. The first-order chi connectivity index (χ1) is 8.26. The van der Waals surface area contributed by atoms with Crippen LogP contribution < -0.4 is 5.73 Å². The summed E-state index contributed by atoms with van der Waals surface area (Å²) in [4.78, 5) is 4.33. The van der Waals surface area contributed by atoms with Crippen molar-refractivity contribution in [3.05, 3.63) is 42.0 Å². The average molecular weight is 233 g/mol. The van der Waals surface area contributed by atoms with Crippen molar-refractivity contribution in [1.82, 2.24) is 9.55 Å². The molecule has 0 aliphatic heterocycles. The first-order valence-corrected chi connectivity index (χ1v) is 5.76. The first kappa shape index (κ1) is 11.8. The highest BCUT2D eigenvalue weighted by atomic mass is 19.1. The lowest BCUT2D eigenvalue weighted by Gasteiger charge is -2.10. The molecule has 0 saturated carbocycles. The lowest BCUT2D eigenvalue weighted by atomic mass is 10.1. The summed E-state index contributed by atoms with van der Waals surface area (Å²) in [5.41, 5.74) is 7.34. The van der Waals surface area contributed by atoms with Gasteiger partial charge in [0.05, 0.1) is 0 Å². The summed E-state index contributed by atoms with van der Waals surface area (Å²) < 4.78 is 15.2. The van der Waals surface area contributed by atoms with Crippen LogP contribution in [0.2, 0.25) is 0 Å². The Hall–Kier alpha value is -1.68. The maximum Gasteiger partial charge on any atom is 0.140 e. The van der Waals surface area contributed by atoms with E-state index in [1.807, 2.05) is 6.20 Å². The van der Waals surface area contributed by atoms with Crippen LogP contribution in [-0.4, -0.2) is 9.55 Å². The minimum absolute atomic E-state index is 0.261. The summed E-state index contributed by atoms with van der Waals surface area (Å²) in [6.45, 7) is 3.32. The van der Waals surface area contributed by atoms with Gasteiger partial charge in [-0.2, -0.15) is 0 Å². The topological polar surface area (TPSA) is 43.8 Å². The highest BCUT2D eigenvalue weighted by Crippen LogP contribution is 2.23. The summed E-state index contributed by atoms with van der Waals surface area (Å²) in [6, 6.07) is 4.66. The first-order valence-electron chi connectivity index (χ1n) is 5.76. The van der Waals surface area contributed by atoms with E-state index in [9.17, 15) is 4.39 Å². The molecule has 0 amide bonds. The van der Waals surface area contributed by atoms with E-state index in [1.165, 1.54) is 12.1 Å². The van der Waals surface area contributed by atoms with Crippen LogP contribution in [0.1, 0.15) is 18.9 Å². The van der Waals surface area contributed by atoms with Gasteiger partial charge >= 0.3 is 0 Å². The zero-order chi connectivity index (χ0) is 12.3. The standard InChI is InChI=1S/C13H16FN3/c1-2-6-17-7-5-16-13(17)12-4-3-11(14)8-10(12)9-15/h3-5,7-8H,2,6,9,15H2,1H3. The van der Waals surface area contributed by atoms with Crippen LogP contribution in [0.5, 0.6) is 0 Å². The van der Waals surface area contributed by atoms with Gasteiger partial charge in [-0.25, -0.2) is 9.37 Å². The average Bonchev–Trinajstić information content (AvgIpc) is 2.77. The van der Waals surface area contributed by atoms with E-state index in [2.05, 4.69) is 16.5 Å². The van der Waals surface area contributed by atoms with Gasteiger partial charge in [-0.05, 0) is 30.2 Å². The number of nitrogens with two attached hydrogens (primary N) is 1. The third-order valence-electron chi connectivity index (χ3n) is 2.71. The molecular weight excluding hydrogens is 217 g/mol. The zero-order valence-electron chi connectivity index (χ0n) is 9.86. The van der Waals surface area contributed by atoms with Crippen LogP contribution in [0.3, 0.4) is 0 Å². The fraction of sp³-hybridized carbons (Fsp3) is 0.308. The van der Waals surface area contributed by atoms with Crippen molar-refractivity contribution in [2.24, 2.45) is 5.73 Å². The highest BCUT2D eigenvalue weighted by molar-refractivity contribution is 5.60. The van der Waals surface area contributed by atoms with Crippen molar-refractivity contribution in [2.45, 2.75) is 26.4 Å². The van der Waals surface area contributed by atoms with Gasteiger partial charge in [0, 0.05) is 31.0 Å². The van der Waals surface area contributed by atoms with Crippen LogP contribution in [0.25, 0.3) is 11.4 Å². The number of benzene rings is 1. The second-order valence-corrected chi connectivity index (χ2v) is 3.95. The molecule has 0 aliphatic carbocycles. The minimum atomic E-state index is -0.261. The summed E-state index contributed by atoms with van der Waals surface area (Å²) in [5.74, 6) is 0.593. The van der Waals surface area contributed by atoms with Crippen LogP contribution in [0.15, 0.2) is 30.6 Å². The number of aryl methyl sites for hydroxylation is 1. The Balaban J connectivity index is 2.48. The predicted molar refractivity (Wildman–Crippen MR) is 65.8 cm³/mol. The van der Waals surface area contributed by atoms with Gasteiger partial charge in [-0.1, -0.05) is 6.92 Å². The minimum Gasteiger partial charge on any atom is -0.331 e. The molecule has 0 radical (unpaired) electrons. The molecule has 1 aromatic heterocycles. The van der Waals surface area contributed by atoms with Crippen molar-refractivity contribution in [1.29, 1.82) is 0 Å². The van der Waals surface area contributed by atoms with Gasteiger partial charge in [0.15, 0.2) is 0 Å². The van der Waals surface area contributed by atoms with E-state index in [0.717, 1.165) is 29.9 Å². The molecule has 1 aromatic carbocycles. The molecule has 17 heavy (non-hydrogen) atoms. The Morgan fingerprint density at radius 1 is 1.41 bits per heavy atom. The molecule has 4 heteroatoms. The van der Waals surface area contributed by atoms with Crippen molar-refractivity contribution in [3.8, 4) is 11.4 Å². The second kappa shape index (κ2) is 5.10. The Kier molecular flexibility index (Phi) is 3.54. The maximum atomic E-state index is 13.1. The number of hydrogen-bond acceptors (Lipinski definition) is 2. The molecule has 0 bridgehead atoms. The lowest BCUT2D eigenvalue weighted by molar-refractivity contribution is 0.625. The number of hydrogen-bond donors (Lipinski definition) is 1. The SMILES string of the molecule is CCCn1ccnc1-c1ccc(F)cc1CN. The fourth-order valence-corrected chi connectivity index (χ4v) is 1.92. The number of nitrogens with zero attached hydrogens (tertiary/aromatic N) is 2. The molecule has 1 heterocycles. The van der Waals surface area contributed by atoms with E-state index in [0.29, 0.717) is 6.54 Å². The van der Waals surface area contributed by atoms with Gasteiger partial charge in [0.25, 0.3) is 0 Å². The van der Waals surface area contributed by atoms with E-state index >= 15 is 0 Å². The molecule has 0 unspecified atom stereocenters. The maximum absolute atomic E-state index is 13.1. The van der Waals surface area contributed by atoms with Gasteiger partial charge in [-0.15, -0.1) is 0 Å². The Morgan fingerprint density at radius 2 is 2.24 bits per heavy atom. The summed E-state index contributed by atoms with van der Waals surface area (Å²) in [7, 11) is 0. The number of halogens is 1. The molecular formula is C13H16FN3. The van der Waals surface area contributed by atoms with Gasteiger partial charge in [-0.3, -0.25) is 0 Å². The van der Waals surface area contributed by atoms with E-state index in [-0.39, 0.29) is 5.82 Å². The molecule has 0 saturated heterocycles. The van der Waals surface area contributed by atoms with Crippen LogP contribution >= 0.6 is 0 Å². The summed E-state index contributed by atoms with van der Waals surface area (Å²) >= 11 is 0. The van der Waals surface area contributed by atoms with E-state index < -0.39 is 0 Å². The highest BCUT2D eigenvalue weighted by Gasteiger charge is 2.10. The monoisotopic (exact) mass is 233 g/mol. The van der Waals surface area contributed by atoms with Crippen LogP contribution in [0.4, 0.5) is 4.39 Å². The largest absolute Gasteiger partial charge is 0.331 e. The van der Waals surface area contributed by atoms with Gasteiger partial charge in [0.2, 0.25) is 0 Å². The van der Waals surface area contributed by atoms with Crippen LogP contribution in [-0.2, 0) is 13.1 Å². The van der Waals surface area contributed by atoms with Crippen molar-refractivity contribution < 1.29 is 4.39 Å². The zero-order valence-corrected chi connectivity index (χ0v) is 9.86. The van der Waals surface area contributed by atoms with Crippen molar-refractivity contribution in [2.75, 3.05) is 0 Å². The number of rotatable bonds is 4. The van der Waals surface area contributed by atoms with Crippen molar-refractivity contribution >= 4 is 0 Å². The quantitative estimate of drug-likeness (QED) is 0.882. The van der Waals surface area contributed by atoms with Gasteiger partial charge < -0.3 is 10.3 Å². The lowest BCUT2D eigenvalue weighted by Crippen LogP contribution is -2.04. The van der Waals surface area contributed by atoms with Gasteiger partial charge in [0.1, 0.15) is 11.6 Å². The Morgan fingerprint density at radius 3 is 2.94 bits per heavy atom. The Labute approximate surface area is 100 Å². The third-order valence-corrected chi connectivity index (χ3v) is 2.71. The third kappa shape index (κ3) is 2.36. The van der Waals surface area contributed by atoms with E-state index in [1.54, 1.807) is 12.3 Å². The molecule has 3 nitrogen and oxygen atoms in total. The van der Waals surface area contributed by atoms with Crippen molar-refractivity contribution in [3.63, 3.8) is 0 Å². The Bertz CT molecular complexity index is 505. The molecule has 2 aromatic rings. The smallest absolute Gasteiger partial charge is 0.140 e. The molecule has 0 fully saturated rings. The predicted octanol–water partition coefficient (Wildman–Crippen LogP) is 2.56. The summed E-state index contributed by atoms with van der Waals surface area (Å²) in [6.07, 6.45) is 4.72. The number of imidazole rings is 1. The van der Waals surface area contributed by atoms with Crippen LogP contribution in [0, 0.1) is 5.82 Å². The molecule has 90 valence electrons. The normalized spacial score (nSPS) is 10.8. The number of aromatic nitrogens is 2. The summed E-state index contributed by atoms with van der Waals surface area (Å²) in [5, 5.41) is 0.